The molecule has 3 rings (SSSR count). The van der Waals surface area contributed by atoms with Crippen LogP contribution < -0.4 is 0 Å². The molecule has 19 heavy (non-hydrogen) atoms. The third kappa shape index (κ3) is 2.33. The van der Waals surface area contributed by atoms with Gasteiger partial charge in [-0.05, 0) is 12.1 Å². The van der Waals surface area contributed by atoms with E-state index in [1.54, 1.807) is 36.0 Å². The third-order valence-corrected chi connectivity index (χ3v) is 3.96. The number of carbonyl (C=O) groups is 1. The molecule has 1 aliphatic heterocycles. The number of thioether (sulfide) groups is 1. The summed E-state index contributed by atoms with van der Waals surface area (Å²) < 4.78 is 5.29. The normalized spacial score (nSPS) is 18.8. The van der Waals surface area contributed by atoms with Crippen molar-refractivity contribution in [1.82, 2.24) is 20.0 Å². The zero-order chi connectivity index (χ0) is 13.2. The maximum Gasteiger partial charge on any atom is 0.250 e. The molecule has 98 valence electrons. The van der Waals surface area contributed by atoms with E-state index in [0.717, 1.165) is 11.3 Å². The summed E-state index contributed by atoms with van der Waals surface area (Å²) >= 11 is 1.69. The van der Waals surface area contributed by atoms with Crippen LogP contribution in [-0.2, 0) is 4.79 Å². The predicted octanol–water partition coefficient (Wildman–Crippen LogP) is 1.73. The van der Waals surface area contributed by atoms with Crippen LogP contribution >= 0.6 is 11.8 Å². The molecule has 1 unspecified atom stereocenters. The Bertz CT molecular complexity index is 586. The van der Waals surface area contributed by atoms with Gasteiger partial charge in [0.1, 0.15) is 6.04 Å². The van der Waals surface area contributed by atoms with Crippen molar-refractivity contribution in [3.63, 3.8) is 0 Å². The fraction of sp³-hybridized carbons (Fsp3) is 0.333. The van der Waals surface area contributed by atoms with E-state index < -0.39 is 0 Å². The van der Waals surface area contributed by atoms with Gasteiger partial charge in [-0.2, -0.15) is 4.98 Å². The predicted molar refractivity (Wildman–Crippen MR) is 70.1 cm³/mol. The molecule has 0 aromatic carbocycles. The van der Waals surface area contributed by atoms with Crippen LogP contribution in [0.5, 0.6) is 0 Å². The van der Waals surface area contributed by atoms with Crippen LogP contribution in [0.2, 0.25) is 0 Å². The second kappa shape index (κ2) is 5.00. The lowest BCUT2D eigenvalue weighted by Crippen LogP contribution is -2.28. The zero-order valence-corrected chi connectivity index (χ0v) is 11.1. The number of pyridine rings is 1. The number of nitrogens with zero attached hydrogens (tertiary/aromatic N) is 4. The Balaban J connectivity index is 1.87. The van der Waals surface area contributed by atoms with E-state index in [2.05, 4.69) is 15.1 Å². The summed E-state index contributed by atoms with van der Waals surface area (Å²) in [6.45, 7) is 1.55. The van der Waals surface area contributed by atoms with Gasteiger partial charge in [-0.25, -0.2) is 0 Å². The first-order valence-electron chi connectivity index (χ1n) is 5.84. The molecule has 1 atom stereocenters. The molecule has 0 N–H and O–H groups in total. The second-order valence-corrected chi connectivity index (χ2v) is 5.20. The highest BCUT2D eigenvalue weighted by atomic mass is 32.2. The standard InChI is InChI=1S/C12H12N4O2S/c1-8(17)16-7-19-6-10(16)12-14-11(15-18-12)9-2-4-13-5-3-9/h2-5,10H,6-7H2,1H3. The van der Waals surface area contributed by atoms with E-state index in [1.807, 2.05) is 12.1 Å². The summed E-state index contributed by atoms with van der Waals surface area (Å²) in [5.74, 6) is 2.51. The van der Waals surface area contributed by atoms with Crippen molar-refractivity contribution in [3.8, 4) is 11.4 Å². The highest BCUT2D eigenvalue weighted by Gasteiger charge is 2.32. The highest BCUT2D eigenvalue weighted by Crippen LogP contribution is 2.32. The van der Waals surface area contributed by atoms with Crippen LogP contribution in [0.15, 0.2) is 29.0 Å². The Kier molecular flexibility index (Phi) is 3.20. The van der Waals surface area contributed by atoms with Crippen LogP contribution in [0.25, 0.3) is 11.4 Å². The lowest BCUT2D eigenvalue weighted by molar-refractivity contribution is -0.129. The topological polar surface area (TPSA) is 72.1 Å². The molecule has 1 amide bonds. The number of carbonyl (C=O) groups excluding carboxylic acids is 1. The maximum atomic E-state index is 11.5. The van der Waals surface area contributed by atoms with Gasteiger partial charge in [0.15, 0.2) is 0 Å². The molecule has 0 saturated carbocycles. The van der Waals surface area contributed by atoms with Gasteiger partial charge in [-0.1, -0.05) is 5.16 Å². The van der Waals surface area contributed by atoms with Crippen molar-refractivity contribution in [1.29, 1.82) is 0 Å². The molecule has 0 spiro atoms. The Morgan fingerprint density at radius 3 is 3.00 bits per heavy atom. The minimum atomic E-state index is -0.120. The third-order valence-electron chi connectivity index (χ3n) is 2.95. The molecule has 2 aromatic rings. The van der Waals surface area contributed by atoms with Gasteiger partial charge in [0.05, 0.1) is 5.88 Å². The molecule has 2 aromatic heterocycles. The van der Waals surface area contributed by atoms with E-state index in [0.29, 0.717) is 17.6 Å². The molecule has 1 saturated heterocycles. The van der Waals surface area contributed by atoms with Crippen LogP contribution in [-0.4, -0.2) is 37.6 Å². The van der Waals surface area contributed by atoms with Gasteiger partial charge >= 0.3 is 0 Å². The van der Waals surface area contributed by atoms with E-state index in [9.17, 15) is 4.79 Å². The van der Waals surface area contributed by atoms with Crippen molar-refractivity contribution in [2.24, 2.45) is 0 Å². The summed E-state index contributed by atoms with van der Waals surface area (Å²) in [6.07, 6.45) is 3.36. The molecular formula is C12H12N4O2S. The van der Waals surface area contributed by atoms with Crippen molar-refractivity contribution in [2.75, 3.05) is 11.6 Å². The number of amides is 1. The Morgan fingerprint density at radius 1 is 1.47 bits per heavy atom. The summed E-state index contributed by atoms with van der Waals surface area (Å²) in [7, 11) is 0. The maximum absolute atomic E-state index is 11.5. The molecule has 0 bridgehead atoms. The molecule has 3 heterocycles. The summed E-state index contributed by atoms with van der Waals surface area (Å²) in [5.41, 5.74) is 0.852. The fourth-order valence-corrected chi connectivity index (χ4v) is 3.16. The average molecular weight is 276 g/mol. The smallest absolute Gasteiger partial charge is 0.250 e. The SMILES string of the molecule is CC(=O)N1CSCC1c1nc(-c2ccncc2)no1. The van der Waals surface area contributed by atoms with Gasteiger partial charge in [0.25, 0.3) is 5.89 Å². The van der Waals surface area contributed by atoms with E-state index >= 15 is 0 Å². The van der Waals surface area contributed by atoms with Gasteiger partial charge in [-0.15, -0.1) is 11.8 Å². The van der Waals surface area contributed by atoms with Crippen LogP contribution in [0.4, 0.5) is 0 Å². The van der Waals surface area contributed by atoms with Crippen molar-refractivity contribution in [2.45, 2.75) is 13.0 Å². The minimum absolute atomic E-state index is 0.0265. The first kappa shape index (κ1) is 12.2. The first-order valence-corrected chi connectivity index (χ1v) is 7.00. The molecule has 7 heteroatoms. The minimum Gasteiger partial charge on any atom is -0.337 e. The van der Waals surface area contributed by atoms with Crippen LogP contribution in [0.1, 0.15) is 18.9 Å². The van der Waals surface area contributed by atoms with Crippen molar-refractivity contribution < 1.29 is 9.32 Å². The molecular weight excluding hydrogens is 264 g/mol. The number of hydrogen-bond donors (Lipinski definition) is 0. The Morgan fingerprint density at radius 2 is 2.26 bits per heavy atom. The lowest BCUT2D eigenvalue weighted by Gasteiger charge is -2.18. The van der Waals surface area contributed by atoms with E-state index in [-0.39, 0.29) is 11.9 Å². The molecule has 1 aliphatic rings. The molecule has 1 fully saturated rings. The number of aromatic nitrogens is 3. The van der Waals surface area contributed by atoms with Crippen LogP contribution in [0, 0.1) is 0 Å². The van der Waals surface area contributed by atoms with Gasteiger partial charge < -0.3 is 9.42 Å². The average Bonchev–Trinajstić information content (AvgIpc) is 3.08. The van der Waals surface area contributed by atoms with Gasteiger partial charge in [0, 0.05) is 30.6 Å². The second-order valence-electron chi connectivity index (χ2n) is 4.20. The van der Waals surface area contributed by atoms with Gasteiger partial charge in [-0.3, -0.25) is 9.78 Å². The van der Waals surface area contributed by atoms with Crippen LogP contribution in [0.3, 0.4) is 0 Å². The lowest BCUT2D eigenvalue weighted by atomic mass is 10.2. The quantitative estimate of drug-likeness (QED) is 0.831. The van der Waals surface area contributed by atoms with E-state index in [1.165, 1.54) is 0 Å². The highest BCUT2D eigenvalue weighted by molar-refractivity contribution is 7.99. The fourth-order valence-electron chi connectivity index (χ4n) is 1.95. The first-order chi connectivity index (χ1) is 9.25. The largest absolute Gasteiger partial charge is 0.337 e. The van der Waals surface area contributed by atoms with Crippen molar-refractivity contribution >= 4 is 17.7 Å². The molecule has 0 radical (unpaired) electrons. The Hall–Kier alpha value is -1.89. The molecule has 0 aliphatic carbocycles. The molecule has 6 nitrogen and oxygen atoms in total. The number of hydrogen-bond acceptors (Lipinski definition) is 6. The summed E-state index contributed by atoms with van der Waals surface area (Å²) in [4.78, 5) is 21.6. The monoisotopic (exact) mass is 276 g/mol. The summed E-state index contributed by atoms with van der Waals surface area (Å²) in [6, 6.07) is 3.52. The van der Waals surface area contributed by atoms with E-state index in [4.69, 9.17) is 4.52 Å². The van der Waals surface area contributed by atoms with Gasteiger partial charge in [0.2, 0.25) is 11.7 Å². The zero-order valence-electron chi connectivity index (χ0n) is 10.3. The Labute approximate surface area is 114 Å². The summed E-state index contributed by atoms with van der Waals surface area (Å²) in [5, 5.41) is 3.96. The number of rotatable bonds is 2. The van der Waals surface area contributed by atoms with Crippen molar-refractivity contribution in [3.05, 3.63) is 30.4 Å².